The fraction of sp³-hybridized carbons (Fsp3) is 0.545. The summed E-state index contributed by atoms with van der Waals surface area (Å²) in [5.41, 5.74) is 5.84. The van der Waals surface area contributed by atoms with Crippen LogP contribution < -0.4 is 11.1 Å². The normalized spacial score (nSPS) is 23.0. The summed E-state index contributed by atoms with van der Waals surface area (Å²) in [6, 6.07) is 0. The highest BCUT2D eigenvalue weighted by Crippen LogP contribution is 2.22. The number of nitrogens with one attached hydrogen (secondary N) is 1. The van der Waals surface area contributed by atoms with Gasteiger partial charge in [-0.25, -0.2) is 4.98 Å². The molecular formula is C11H15N3O3S. The standard InChI is InChI=1S/C11H15N3O3S/c1-6(15)8-5-18-11(13-8)14-10(16)9-3-2-7(4-12)17-9/h5,7,9H,2-4,12H2,1H3,(H,13,14,16). The SMILES string of the molecule is CC(=O)c1csc(NC(=O)C2CCC(CN)O2)n1. The van der Waals surface area contributed by atoms with Crippen LogP contribution in [0, 0.1) is 0 Å². The molecule has 0 aromatic carbocycles. The number of ketones is 1. The van der Waals surface area contributed by atoms with Gasteiger partial charge in [0.25, 0.3) is 5.91 Å². The van der Waals surface area contributed by atoms with Crippen molar-refractivity contribution in [3.63, 3.8) is 0 Å². The maximum Gasteiger partial charge on any atom is 0.255 e. The topological polar surface area (TPSA) is 94.3 Å². The van der Waals surface area contributed by atoms with Crippen molar-refractivity contribution in [1.29, 1.82) is 0 Å². The number of carbonyl (C=O) groups is 2. The van der Waals surface area contributed by atoms with Crippen molar-refractivity contribution in [3.05, 3.63) is 11.1 Å². The Balaban J connectivity index is 1.93. The molecule has 1 aliphatic rings. The minimum atomic E-state index is -0.469. The van der Waals surface area contributed by atoms with Crippen LogP contribution >= 0.6 is 11.3 Å². The molecule has 1 fully saturated rings. The van der Waals surface area contributed by atoms with Crippen molar-refractivity contribution in [2.24, 2.45) is 5.73 Å². The van der Waals surface area contributed by atoms with Crippen LogP contribution in [0.25, 0.3) is 0 Å². The van der Waals surface area contributed by atoms with Gasteiger partial charge in [-0.15, -0.1) is 11.3 Å². The second kappa shape index (κ2) is 5.55. The lowest BCUT2D eigenvalue weighted by Gasteiger charge is -2.11. The predicted molar refractivity (Wildman–Crippen MR) is 67.7 cm³/mol. The zero-order valence-electron chi connectivity index (χ0n) is 10.0. The van der Waals surface area contributed by atoms with Crippen LogP contribution in [0.1, 0.15) is 30.3 Å². The lowest BCUT2D eigenvalue weighted by Crippen LogP contribution is -2.29. The molecule has 2 atom stereocenters. The van der Waals surface area contributed by atoms with Gasteiger partial charge >= 0.3 is 0 Å². The van der Waals surface area contributed by atoms with Gasteiger partial charge in [-0.1, -0.05) is 0 Å². The zero-order chi connectivity index (χ0) is 13.1. The molecule has 2 rings (SSSR count). The molecule has 98 valence electrons. The Hall–Kier alpha value is -1.31. The Morgan fingerprint density at radius 3 is 2.94 bits per heavy atom. The second-order valence-corrected chi connectivity index (χ2v) is 5.00. The van der Waals surface area contributed by atoms with Gasteiger partial charge in [0.2, 0.25) is 0 Å². The molecule has 18 heavy (non-hydrogen) atoms. The zero-order valence-corrected chi connectivity index (χ0v) is 10.8. The Kier molecular flexibility index (Phi) is 4.05. The van der Waals surface area contributed by atoms with E-state index in [9.17, 15) is 9.59 Å². The highest BCUT2D eigenvalue weighted by Gasteiger charge is 2.30. The van der Waals surface area contributed by atoms with E-state index in [0.29, 0.717) is 23.8 Å². The first-order valence-corrected chi connectivity index (χ1v) is 6.61. The van der Waals surface area contributed by atoms with E-state index < -0.39 is 6.10 Å². The van der Waals surface area contributed by atoms with Gasteiger partial charge in [0.1, 0.15) is 11.8 Å². The molecule has 0 bridgehead atoms. The fourth-order valence-electron chi connectivity index (χ4n) is 1.75. The molecule has 0 saturated carbocycles. The summed E-state index contributed by atoms with van der Waals surface area (Å²) < 4.78 is 5.47. The van der Waals surface area contributed by atoms with Crippen LogP contribution in [0.15, 0.2) is 5.38 Å². The smallest absolute Gasteiger partial charge is 0.255 e. The van der Waals surface area contributed by atoms with E-state index in [0.717, 1.165) is 6.42 Å². The maximum atomic E-state index is 11.9. The Bertz CT molecular complexity index is 460. The molecule has 1 amide bonds. The highest BCUT2D eigenvalue weighted by atomic mass is 32.1. The number of hydrogen-bond donors (Lipinski definition) is 2. The first-order chi connectivity index (χ1) is 8.60. The lowest BCUT2D eigenvalue weighted by atomic mass is 10.2. The van der Waals surface area contributed by atoms with Crippen LogP contribution in [0.5, 0.6) is 0 Å². The van der Waals surface area contributed by atoms with Gasteiger partial charge < -0.3 is 10.5 Å². The molecule has 2 unspecified atom stereocenters. The monoisotopic (exact) mass is 269 g/mol. The Morgan fingerprint density at radius 2 is 2.39 bits per heavy atom. The number of anilines is 1. The largest absolute Gasteiger partial charge is 0.364 e. The molecule has 1 saturated heterocycles. The molecule has 2 heterocycles. The molecule has 1 aromatic heterocycles. The summed E-state index contributed by atoms with van der Waals surface area (Å²) in [7, 11) is 0. The summed E-state index contributed by atoms with van der Waals surface area (Å²) in [6.07, 6.45) is 0.956. The van der Waals surface area contributed by atoms with Crippen LogP contribution in [0.4, 0.5) is 5.13 Å². The molecule has 1 aromatic rings. The molecule has 6 nitrogen and oxygen atoms in total. The van der Waals surface area contributed by atoms with Gasteiger partial charge in [0, 0.05) is 18.8 Å². The fourth-order valence-corrected chi connectivity index (χ4v) is 2.50. The van der Waals surface area contributed by atoms with Gasteiger partial charge in [0.05, 0.1) is 6.10 Å². The number of ether oxygens (including phenoxy) is 1. The van der Waals surface area contributed by atoms with E-state index >= 15 is 0 Å². The number of nitrogens with zero attached hydrogens (tertiary/aromatic N) is 1. The number of thiazole rings is 1. The first-order valence-electron chi connectivity index (χ1n) is 5.73. The lowest BCUT2D eigenvalue weighted by molar-refractivity contribution is -0.126. The van der Waals surface area contributed by atoms with Crippen molar-refractivity contribution < 1.29 is 14.3 Å². The average Bonchev–Trinajstić information content (AvgIpc) is 2.96. The van der Waals surface area contributed by atoms with Gasteiger partial charge in [-0.2, -0.15) is 0 Å². The third-order valence-corrected chi connectivity index (χ3v) is 3.52. The van der Waals surface area contributed by atoms with E-state index in [1.54, 1.807) is 5.38 Å². The van der Waals surface area contributed by atoms with E-state index in [1.165, 1.54) is 18.3 Å². The van der Waals surface area contributed by atoms with E-state index in [1.807, 2.05) is 0 Å². The molecule has 0 radical (unpaired) electrons. The molecule has 1 aliphatic heterocycles. The van der Waals surface area contributed by atoms with Crippen LogP contribution in [-0.2, 0) is 9.53 Å². The third kappa shape index (κ3) is 2.92. The quantitative estimate of drug-likeness (QED) is 0.788. The van der Waals surface area contributed by atoms with E-state index in [2.05, 4.69) is 10.3 Å². The van der Waals surface area contributed by atoms with Crippen molar-refractivity contribution in [2.75, 3.05) is 11.9 Å². The Morgan fingerprint density at radius 1 is 1.61 bits per heavy atom. The number of hydrogen-bond acceptors (Lipinski definition) is 6. The molecule has 3 N–H and O–H groups in total. The number of nitrogens with two attached hydrogens (primary N) is 1. The van der Waals surface area contributed by atoms with Gasteiger partial charge in [-0.3, -0.25) is 14.9 Å². The summed E-state index contributed by atoms with van der Waals surface area (Å²) in [6.45, 7) is 1.86. The minimum Gasteiger partial charge on any atom is -0.364 e. The summed E-state index contributed by atoms with van der Waals surface area (Å²) in [5, 5.41) is 4.70. The van der Waals surface area contributed by atoms with Crippen LogP contribution in [0.3, 0.4) is 0 Å². The third-order valence-electron chi connectivity index (χ3n) is 2.76. The average molecular weight is 269 g/mol. The number of amides is 1. The second-order valence-electron chi connectivity index (χ2n) is 4.14. The van der Waals surface area contributed by atoms with Crippen LogP contribution in [0.2, 0.25) is 0 Å². The Labute approximate surface area is 109 Å². The number of Topliss-reactive ketones (excluding diaryl/α,β-unsaturated/α-hetero) is 1. The van der Waals surface area contributed by atoms with Crippen molar-refractivity contribution in [3.8, 4) is 0 Å². The first kappa shape index (κ1) is 13.1. The van der Waals surface area contributed by atoms with Crippen molar-refractivity contribution in [2.45, 2.75) is 32.0 Å². The highest BCUT2D eigenvalue weighted by molar-refractivity contribution is 7.14. The number of rotatable bonds is 4. The molecule has 0 aliphatic carbocycles. The van der Waals surface area contributed by atoms with Gasteiger partial charge in [0.15, 0.2) is 10.9 Å². The van der Waals surface area contributed by atoms with E-state index in [-0.39, 0.29) is 17.8 Å². The van der Waals surface area contributed by atoms with Crippen molar-refractivity contribution >= 4 is 28.2 Å². The molecule has 0 spiro atoms. The van der Waals surface area contributed by atoms with Gasteiger partial charge in [-0.05, 0) is 12.8 Å². The summed E-state index contributed by atoms with van der Waals surface area (Å²) in [5.74, 6) is -0.345. The van der Waals surface area contributed by atoms with Crippen LogP contribution in [-0.4, -0.2) is 35.4 Å². The number of aromatic nitrogens is 1. The molecule has 7 heteroatoms. The summed E-state index contributed by atoms with van der Waals surface area (Å²) >= 11 is 1.23. The van der Waals surface area contributed by atoms with Crippen molar-refractivity contribution in [1.82, 2.24) is 4.98 Å². The minimum absolute atomic E-state index is 0.0372. The summed E-state index contributed by atoms with van der Waals surface area (Å²) in [4.78, 5) is 27.0. The number of carbonyl (C=O) groups excluding carboxylic acids is 2. The molecular weight excluding hydrogens is 254 g/mol. The van der Waals surface area contributed by atoms with E-state index in [4.69, 9.17) is 10.5 Å². The maximum absolute atomic E-state index is 11.9. The predicted octanol–water partition coefficient (Wildman–Crippen LogP) is 0.790.